The lowest BCUT2D eigenvalue weighted by atomic mass is 10.0. The molecule has 1 heterocycles. The van der Waals surface area contributed by atoms with Gasteiger partial charge in [0.05, 0.1) is 0 Å². The first kappa shape index (κ1) is 12.7. The standard InChI is InChI=1S/C12H24N2O/c1-10(2)12(15)4-3-7-14-11-5-8-13-9-6-11/h10-11,13-14H,3-9H2,1-2H3. The Kier molecular flexibility index (Phi) is 5.88. The van der Waals surface area contributed by atoms with Crippen molar-refractivity contribution >= 4 is 5.78 Å². The van der Waals surface area contributed by atoms with Crippen molar-refractivity contribution in [2.45, 2.75) is 45.6 Å². The lowest BCUT2D eigenvalue weighted by Gasteiger charge is -2.23. The topological polar surface area (TPSA) is 41.1 Å². The highest BCUT2D eigenvalue weighted by atomic mass is 16.1. The molecule has 1 saturated heterocycles. The van der Waals surface area contributed by atoms with Crippen LogP contribution >= 0.6 is 0 Å². The van der Waals surface area contributed by atoms with Crippen LogP contribution in [-0.4, -0.2) is 31.5 Å². The first-order valence-electron chi connectivity index (χ1n) is 6.17. The van der Waals surface area contributed by atoms with Gasteiger partial charge in [0.25, 0.3) is 0 Å². The van der Waals surface area contributed by atoms with Crippen LogP contribution in [0.4, 0.5) is 0 Å². The lowest BCUT2D eigenvalue weighted by molar-refractivity contribution is -0.121. The van der Waals surface area contributed by atoms with E-state index in [0.29, 0.717) is 11.8 Å². The molecular formula is C12H24N2O. The Morgan fingerprint density at radius 3 is 2.67 bits per heavy atom. The quantitative estimate of drug-likeness (QED) is 0.653. The average Bonchev–Trinajstić information content (AvgIpc) is 2.25. The second kappa shape index (κ2) is 6.96. The molecular weight excluding hydrogens is 188 g/mol. The monoisotopic (exact) mass is 212 g/mol. The second-order valence-electron chi connectivity index (χ2n) is 4.70. The van der Waals surface area contributed by atoms with E-state index in [4.69, 9.17) is 0 Å². The molecule has 3 nitrogen and oxygen atoms in total. The normalized spacial score (nSPS) is 18.3. The SMILES string of the molecule is CC(C)C(=O)CCCNC1CCNCC1. The fraction of sp³-hybridized carbons (Fsp3) is 0.917. The van der Waals surface area contributed by atoms with Crippen molar-refractivity contribution in [3.63, 3.8) is 0 Å². The number of nitrogens with one attached hydrogen (secondary N) is 2. The molecule has 1 aliphatic rings. The number of hydrogen-bond acceptors (Lipinski definition) is 3. The van der Waals surface area contributed by atoms with Crippen LogP contribution < -0.4 is 10.6 Å². The van der Waals surface area contributed by atoms with Crippen molar-refractivity contribution < 1.29 is 4.79 Å². The number of carbonyl (C=O) groups excluding carboxylic acids is 1. The van der Waals surface area contributed by atoms with Crippen LogP contribution in [0.3, 0.4) is 0 Å². The molecule has 88 valence electrons. The number of ketones is 1. The Morgan fingerprint density at radius 2 is 2.07 bits per heavy atom. The molecule has 0 aliphatic carbocycles. The van der Waals surface area contributed by atoms with Crippen LogP contribution in [0.1, 0.15) is 39.5 Å². The summed E-state index contributed by atoms with van der Waals surface area (Å²) in [7, 11) is 0. The highest BCUT2D eigenvalue weighted by Crippen LogP contribution is 2.04. The molecule has 0 atom stereocenters. The number of Topliss-reactive ketones (excluding diaryl/α,β-unsaturated/α-hetero) is 1. The van der Waals surface area contributed by atoms with E-state index in [0.717, 1.165) is 32.5 Å². The molecule has 15 heavy (non-hydrogen) atoms. The van der Waals surface area contributed by atoms with E-state index in [-0.39, 0.29) is 5.92 Å². The maximum Gasteiger partial charge on any atom is 0.135 e. The fourth-order valence-electron chi connectivity index (χ4n) is 1.88. The summed E-state index contributed by atoms with van der Waals surface area (Å²) in [6, 6.07) is 0.667. The number of hydrogen-bond donors (Lipinski definition) is 2. The molecule has 0 bridgehead atoms. The Bertz CT molecular complexity index is 186. The van der Waals surface area contributed by atoms with E-state index in [9.17, 15) is 4.79 Å². The third-order valence-electron chi connectivity index (χ3n) is 3.02. The second-order valence-corrected chi connectivity index (χ2v) is 4.70. The van der Waals surface area contributed by atoms with Gasteiger partial charge in [-0.05, 0) is 38.9 Å². The summed E-state index contributed by atoms with van der Waals surface area (Å²) >= 11 is 0. The minimum absolute atomic E-state index is 0.198. The largest absolute Gasteiger partial charge is 0.317 e. The highest BCUT2D eigenvalue weighted by molar-refractivity contribution is 5.80. The minimum Gasteiger partial charge on any atom is -0.317 e. The van der Waals surface area contributed by atoms with E-state index in [1.165, 1.54) is 12.8 Å². The van der Waals surface area contributed by atoms with Gasteiger partial charge in [0.15, 0.2) is 0 Å². The molecule has 0 unspecified atom stereocenters. The van der Waals surface area contributed by atoms with Crippen molar-refractivity contribution in [3.8, 4) is 0 Å². The zero-order valence-electron chi connectivity index (χ0n) is 10.0. The molecule has 1 aliphatic heterocycles. The molecule has 0 aromatic carbocycles. The molecule has 0 amide bonds. The maximum atomic E-state index is 11.4. The van der Waals surface area contributed by atoms with Crippen LogP contribution in [-0.2, 0) is 4.79 Å². The van der Waals surface area contributed by atoms with Gasteiger partial charge in [-0.25, -0.2) is 0 Å². The van der Waals surface area contributed by atoms with Crippen LogP contribution in [0.15, 0.2) is 0 Å². The van der Waals surface area contributed by atoms with Crippen LogP contribution in [0.5, 0.6) is 0 Å². The predicted octanol–water partition coefficient (Wildman–Crippen LogP) is 1.33. The number of rotatable bonds is 6. The van der Waals surface area contributed by atoms with Gasteiger partial charge in [0.1, 0.15) is 5.78 Å². The van der Waals surface area contributed by atoms with Gasteiger partial charge in [0.2, 0.25) is 0 Å². The molecule has 0 aromatic rings. The Hall–Kier alpha value is -0.410. The van der Waals surface area contributed by atoms with Crippen LogP contribution in [0.25, 0.3) is 0 Å². The summed E-state index contributed by atoms with van der Waals surface area (Å²) in [5.41, 5.74) is 0. The Morgan fingerprint density at radius 1 is 1.40 bits per heavy atom. The molecule has 0 aromatic heterocycles. The predicted molar refractivity (Wildman–Crippen MR) is 63.0 cm³/mol. The van der Waals surface area contributed by atoms with Gasteiger partial charge in [-0.2, -0.15) is 0 Å². The summed E-state index contributed by atoms with van der Waals surface area (Å²) < 4.78 is 0. The van der Waals surface area contributed by atoms with Gasteiger partial charge in [-0.1, -0.05) is 13.8 Å². The summed E-state index contributed by atoms with van der Waals surface area (Å²) in [6.45, 7) is 7.19. The number of carbonyl (C=O) groups is 1. The van der Waals surface area contributed by atoms with Crippen LogP contribution in [0, 0.1) is 5.92 Å². The van der Waals surface area contributed by atoms with Crippen molar-refractivity contribution in [3.05, 3.63) is 0 Å². The molecule has 2 N–H and O–H groups in total. The number of piperidine rings is 1. The van der Waals surface area contributed by atoms with Crippen molar-refractivity contribution in [1.82, 2.24) is 10.6 Å². The molecule has 0 saturated carbocycles. The maximum absolute atomic E-state index is 11.4. The van der Waals surface area contributed by atoms with E-state index >= 15 is 0 Å². The lowest BCUT2D eigenvalue weighted by Crippen LogP contribution is -2.40. The molecule has 1 rings (SSSR count). The molecule has 1 fully saturated rings. The first-order chi connectivity index (χ1) is 7.20. The average molecular weight is 212 g/mol. The van der Waals surface area contributed by atoms with Crippen molar-refractivity contribution in [1.29, 1.82) is 0 Å². The summed E-state index contributed by atoms with van der Waals surface area (Å²) in [5, 5.41) is 6.87. The van der Waals surface area contributed by atoms with Gasteiger partial charge in [-0.3, -0.25) is 4.79 Å². The summed E-state index contributed by atoms with van der Waals surface area (Å²) in [6.07, 6.45) is 4.16. The fourth-order valence-corrected chi connectivity index (χ4v) is 1.88. The molecule has 0 radical (unpaired) electrons. The van der Waals surface area contributed by atoms with Gasteiger partial charge >= 0.3 is 0 Å². The highest BCUT2D eigenvalue weighted by Gasteiger charge is 2.12. The van der Waals surface area contributed by atoms with E-state index in [1.807, 2.05) is 13.8 Å². The zero-order chi connectivity index (χ0) is 11.1. The first-order valence-corrected chi connectivity index (χ1v) is 6.17. The van der Waals surface area contributed by atoms with E-state index < -0.39 is 0 Å². The summed E-state index contributed by atoms with van der Waals surface area (Å²) in [4.78, 5) is 11.4. The summed E-state index contributed by atoms with van der Waals surface area (Å²) in [5.74, 6) is 0.589. The Balaban J connectivity index is 1.98. The van der Waals surface area contributed by atoms with Crippen LogP contribution in [0.2, 0.25) is 0 Å². The van der Waals surface area contributed by atoms with Gasteiger partial charge in [0, 0.05) is 18.4 Å². The van der Waals surface area contributed by atoms with Gasteiger partial charge < -0.3 is 10.6 Å². The Labute approximate surface area is 93.0 Å². The van der Waals surface area contributed by atoms with E-state index in [1.54, 1.807) is 0 Å². The molecule has 0 spiro atoms. The van der Waals surface area contributed by atoms with E-state index in [2.05, 4.69) is 10.6 Å². The van der Waals surface area contributed by atoms with Gasteiger partial charge in [-0.15, -0.1) is 0 Å². The van der Waals surface area contributed by atoms with Crippen molar-refractivity contribution in [2.24, 2.45) is 5.92 Å². The third-order valence-corrected chi connectivity index (χ3v) is 3.02. The zero-order valence-corrected chi connectivity index (χ0v) is 10.0. The molecule has 3 heteroatoms. The minimum atomic E-state index is 0.198. The smallest absolute Gasteiger partial charge is 0.135 e. The van der Waals surface area contributed by atoms with Crippen molar-refractivity contribution in [2.75, 3.05) is 19.6 Å². The third kappa shape index (κ3) is 5.28.